The molecule has 0 heteroatoms. The van der Waals surface area contributed by atoms with E-state index in [-0.39, 0.29) is 0 Å². The fourth-order valence-corrected chi connectivity index (χ4v) is 0.882. The highest BCUT2D eigenvalue weighted by molar-refractivity contribution is 5.43. The number of hydrogen-bond donors (Lipinski definition) is 0. The maximum Gasteiger partial charge on any atom is -0.0106 e. The van der Waals surface area contributed by atoms with Crippen molar-refractivity contribution >= 4 is 0 Å². The molecule has 0 unspecified atom stereocenters. The molecule has 0 atom stereocenters. The van der Waals surface area contributed by atoms with Crippen LogP contribution in [0.3, 0.4) is 0 Å². The lowest BCUT2D eigenvalue weighted by Gasteiger charge is -1.79. The number of hydrogen-bond acceptors (Lipinski definition) is 0. The Morgan fingerprint density at radius 1 is 1.38 bits per heavy atom. The number of rotatable bonds is 0. The average Bonchev–Trinajstić information content (AvgIpc) is 2.49. The van der Waals surface area contributed by atoms with Gasteiger partial charge in [0, 0.05) is 0 Å². The largest absolute Gasteiger partial charge is 0.0617 e. The van der Waals surface area contributed by atoms with Crippen LogP contribution in [0.5, 0.6) is 0 Å². The summed E-state index contributed by atoms with van der Waals surface area (Å²) in [4.78, 5) is 0. The first kappa shape index (κ1) is 4.13. The third-order valence-corrected chi connectivity index (χ3v) is 1.48. The minimum Gasteiger partial charge on any atom is -0.0617 e. The molecule has 2 aliphatic rings. The van der Waals surface area contributed by atoms with Gasteiger partial charge in [0.2, 0.25) is 0 Å². The number of allylic oxidation sites excluding steroid dienone is 6. The van der Waals surface area contributed by atoms with E-state index in [0.29, 0.717) is 0 Å². The van der Waals surface area contributed by atoms with E-state index in [2.05, 4.69) is 12.2 Å². The van der Waals surface area contributed by atoms with Crippen LogP contribution in [0.2, 0.25) is 0 Å². The minimum atomic E-state index is 1.31. The molecule has 2 rings (SSSR count). The molecule has 1 saturated carbocycles. The van der Waals surface area contributed by atoms with Gasteiger partial charge in [-0.05, 0) is 24.5 Å². The van der Waals surface area contributed by atoms with Gasteiger partial charge in [0.05, 0.1) is 0 Å². The quantitative estimate of drug-likeness (QED) is 0.440. The van der Waals surface area contributed by atoms with E-state index >= 15 is 0 Å². The molecule has 0 bridgehead atoms. The van der Waals surface area contributed by atoms with Crippen LogP contribution in [-0.4, -0.2) is 0 Å². The molecular weight excluding hydrogens is 96.1 g/mol. The minimum absolute atomic E-state index is 1.31. The SMILES string of the molecule is [C]1=CC=CC1=C1CC1. The molecule has 0 amide bonds. The summed E-state index contributed by atoms with van der Waals surface area (Å²) in [6.07, 6.45) is 11.9. The predicted molar refractivity (Wildman–Crippen MR) is 33.2 cm³/mol. The molecule has 0 aliphatic heterocycles. The van der Waals surface area contributed by atoms with Crippen molar-refractivity contribution in [3.8, 4) is 0 Å². The van der Waals surface area contributed by atoms with Gasteiger partial charge in [0.15, 0.2) is 0 Å². The van der Waals surface area contributed by atoms with E-state index in [9.17, 15) is 0 Å². The maximum absolute atomic E-state index is 3.16. The molecule has 0 N–H and O–H groups in total. The monoisotopic (exact) mass is 103 g/mol. The van der Waals surface area contributed by atoms with Crippen LogP contribution in [0.4, 0.5) is 0 Å². The first-order chi connectivity index (χ1) is 3.97. The second-order valence-electron chi connectivity index (χ2n) is 2.19. The van der Waals surface area contributed by atoms with Crippen LogP contribution in [0.1, 0.15) is 12.8 Å². The first-order valence-corrected chi connectivity index (χ1v) is 2.95. The molecule has 0 spiro atoms. The topological polar surface area (TPSA) is 0 Å². The second-order valence-corrected chi connectivity index (χ2v) is 2.19. The van der Waals surface area contributed by atoms with E-state index in [1.165, 1.54) is 18.4 Å². The van der Waals surface area contributed by atoms with Crippen molar-refractivity contribution in [3.05, 3.63) is 35.5 Å². The van der Waals surface area contributed by atoms with Crippen LogP contribution >= 0.6 is 0 Å². The van der Waals surface area contributed by atoms with Crippen LogP contribution in [0.15, 0.2) is 29.4 Å². The molecule has 0 heterocycles. The zero-order valence-electron chi connectivity index (χ0n) is 4.65. The highest BCUT2D eigenvalue weighted by Crippen LogP contribution is 2.33. The van der Waals surface area contributed by atoms with Crippen molar-refractivity contribution < 1.29 is 0 Å². The predicted octanol–water partition coefficient (Wildman–Crippen LogP) is 2.01. The summed E-state index contributed by atoms with van der Waals surface area (Å²) in [5.41, 5.74) is 2.92. The normalized spacial score (nSPS) is 23.0. The molecule has 8 heavy (non-hydrogen) atoms. The van der Waals surface area contributed by atoms with Crippen molar-refractivity contribution in [1.82, 2.24) is 0 Å². The van der Waals surface area contributed by atoms with Gasteiger partial charge in [0.25, 0.3) is 0 Å². The Bertz CT molecular complexity index is 172. The van der Waals surface area contributed by atoms with E-state index in [0.717, 1.165) is 0 Å². The molecule has 1 radical (unpaired) electrons. The highest BCUT2D eigenvalue weighted by Gasteiger charge is 2.14. The fourth-order valence-electron chi connectivity index (χ4n) is 0.882. The highest BCUT2D eigenvalue weighted by atomic mass is 14.2. The summed E-state index contributed by atoms with van der Waals surface area (Å²) in [6.45, 7) is 0. The van der Waals surface area contributed by atoms with E-state index in [4.69, 9.17) is 0 Å². The lowest BCUT2D eigenvalue weighted by Crippen LogP contribution is -1.61. The Hall–Kier alpha value is -0.780. The van der Waals surface area contributed by atoms with Gasteiger partial charge in [-0.25, -0.2) is 0 Å². The van der Waals surface area contributed by atoms with Crippen LogP contribution in [0.25, 0.3) is 0 Å². The molecular formula is C8H7. The van der Waals surface area contributed by atoms with Gasteiger partial charge in [-0.15, -0.1) is 0 Å². The zero-order valence-corrected chi connectivity index (χ0v) is 4.65. The maximum atomic E-state index is 3.16. The van der Waals surface area contributed by atoms with Crippen molar-refractivity contribution in [1.29, 1.82) is 0 Å². The summed E-state index contributed by atoms with van der Waals surface area (Å²) in [6, 6.07) is 0. The van der Waals surface area contributed by atoms with Crippen molar-refractivity contribution in [2.24, 2.45) is 0 Å². The van der Waals surface area contributed by atoms with Crippen LogP contribution in [-0.2, 0) is 0 Å². The summed E-state index contributed by atoms with van der Waals surface area (Å²) in [5.74, 6) is 0. The van der Waals surface area contributed by atoms with Crippen LogP contribution < -0.4 is 0 Å². The lowest BCUT2D eigenvalue weighted by molar-refractivity contribution is 1.50. The fraction of sp³-hybridized carbons (Fsp3) is 0.250. The van der Waals surface area contributed by atoms with Crippen molar-refractivity contribution in [2.75, 3.05) is 0 Å². The van der Waals surface area contributed by atoms with E-state index in [1.54, 1.807) is 5.57 Å². The molecule has 39 valence electrons. The summed E-state index contributed by atoms with van der Waals surface area (Å²) in [5, 5.41) is 0. The molecule has 1 fully saturated rings. The lowest BCUT2D eigenvalue weighted by atomic mass is 10.3. The zero-order chi connectivity index (χ0) is 5.40. The molecule has 0 saturated heterocycles. The Labute approximate surface area is 49.2 Å². The van der Waals surface area contributed by atoms with Gasteiger partial charge < -0.3 is 0 Å². The van der Waals surface area contributed by atoms with E-state index < -0.39 is 0 Å². The third kappa shape index (κ3) is 0.532. The summed E-state index contributed by atoms with van der Waals surface area (Å²) in [7, 11) is 0. The summed E-state index contributed by atoms with van der Waals surface area (Å²) < 4.78 is 0. The summed E-state index contributed by atoms with van der Waals surface area (Å²) >= 11 is 0. The molecule has 0 aromatic rings. The van der Waals surface area contributed by atoms with Crippen molar-refractivity contribution in [2.45, 2.75) is 12.8 Å². The Balaban J connectivity index is 2.40. The Morgan fingerprint density at radius 3 is 2.75 bits per heavy atom. The van der Waals surface area contributed by atoms with Gasteiger partial charge in [-0.2, -0.15) is 0 Å². The van der Waals surface area contributed by atoms with Crippen molar-refractivity contribution in [3.63, 3.8) is 0 Å². The smallest absolute Gasteiger partial charge is 0.0106 e. The Morgan fingerprint density at radius 2 is 2.25 bits per heavy atom. The molecule has 0 aromatic heterocycles. The molecule has 2 aliphatic carbocycles. The van der Waals surface area contributed by atoms with Crippen LogP contribution in [0, 0.1) is 6.08 Å². The van der Waals surface area contributed by atoms with Gasteiger partial charge in [-0.3, -0.25) is 0 Å². The second kappa shape index (κ2) is 1.35. The van der Waals surface area contributed by atoms with Gasteiger partial charge in [-0.1, -0.05) is 23.8 Å². The van der Waals surface area contributed by atoms with Gasteiger partial charge >= 0.3 is 0 Å². The first-order valence-electron chi connectivity index (χ1n) is 2.95. The Kier molecular flexibility index (Phi) is 0.696. The average molecular weight is 103 g/mol. The van der Waals surface area contributed by atoms with Gasteiger partial charge in [0.1, 0.15) is 0 Å². The van der Waals surface area contributed by atoms with E-state index in [1.807, 2.05) is 12.2 Å². The molecule has 0 aromatic carbocycles. The third-order valence-electron chi connectivity index (χ3n) is 1.48. The molecule has 0 nitrogen and oxygen atoms in total. The standard InChI is InChI=1S/C8H7/c1-2-4-7(3-1)8-5-6-8/h1-3H,5-6H2.